The Morgan fingerprint density at radius 1 is 1.25 bits per heavy atom. The van der Waals surface area contributed by atoms with Gasteiger partial charge < -0.3 is 5.32 Å². The van der Waals surface area contributed by atoms with Crippen LogP contribution < -0.4 is 5.32 Å². The average Bonchev–Trinajstić information content (AvgIpc) is 2.19. The third-order valence-electron chi connectivity index (χ3n) is 2.36. The molecule has 1 aromatic rings. The Morgan fingerprint density at radius 2 is 1.88 bits per heavy atom. The normalized spacial score (nSPS) is 12.1. The fourth-order valence-corrected chi connectivity index (χ4v) is 3.03. The van der Waals surface area contributed by atoms with Gasteiger partial charge in [-0.1, -0.05) is 12.1 Å². The summed E-state index contributed by atoms with van der Waals surface area (Å²) in [6.07, 6.45) is 0. The number of nitrogens with one attached hydrogen (secondary N) is 1. The molecule has 0 aromatic heterocycles. The van der Waals surface area contributed by atoms with E-state index in [9.17, 15) is 8.42 Å². The zero-order valence-corrected chi connectivity index (χ0v) is 11.1. The molecule has 0 fully saturated rings. The standard InChI is InChI=1S/C12H19NO2S/c1-9(2)13-8-16(14,15)12-7-10(3)5-6-11(12)4/h5-7,9,13H,8H2,1-4H3. The second-order valence-corrected chi connectivity index (χ2v) is 6.34. The van der Waals surface area contributed by atoms with Crippen LogP contribution in [0.3, 0.4) is 0 Å². The van der Waals surface area contributed by atoms with Gasteiger partial charge in [0.2, 0.25) is 0 Å². The van der Waals surface area contributed by atoms with Crippen molar-refractivity contribution in [2.75, 3.05) is 5.88 Å². The Kier molecular flexibility index (Phi) is 4.10. The Balaban J connectivity index is 3.02. The summed E-state index contributed by atoms with van der Waals surface area (Å²) < 4.78 is 24.1. The van der Waals surface area contributed by atoms with E-state index in [0.29, 0.717) is 4.90 Å². The quantitative estimate of drug-likeness (QED) is 0.877. The van der Waals surface area contributed by atoms with E-state index in [0.717, 1.165) is 11.1 Å². The summed E-state index contributed by atoms with van der Waals surface area (Å²) in [4.78, 5) is 0.431. The van der Waals surface area contributed by atoms with Gasteiger partial charge in [-0.15, -0.1) is 0 Å². The fraction of sp³-hybridized carbons (Fsp3) is 0.500. The maximum absolute atomic E-state index is 12.0. The van der Waals surface area contributed by atoms with Gasteiger partial charge in [0.05, 0.1) is 4.90 Å². The van der Waals surface area contributed by atoms with E-state index in [4.69, 9.17) is 0 Å². The number of benzene rings is 1. The molecule has 0 spiro atoms. The van der Waals surface area contributed by atoms with Crippen molar-refractivity contribution in [1.82, 2.24) is 5.32 Å². The summed E-state index contributed by atoms with van der Waals surface area (Å²) in [6, 6.07) is 5.66. The Labute approximate surface area is 97.8 Å². The Morgan fingerprint density at radius 3 is 2.44 bits per heavy atom. The van der Waals surface area contributed by atoms with Crippen LogP contribution in [0.5, 0.6) is 0 Å². The first kappa shape index (κ1) is 13.2. The predicted molar refractivity (Wildman–Crippen MR) is 66.2 cm³/mol. The van der Waals surface area contributed by atoms with Gasteiger partial charge in [-0.3, -0.25) is 0 Å². The van der Waals surface area contributed by atoms with Crippen molar-refractivity contribution in [3.05, 3.63) is 29.3 Å². The minimum absolute atomic E-state index is 0.00500. The number of hydrogen-bond donors (Lipinski definition) is 1. The molecule has 3 nitrogen and oxygen atoms in total. The van der Waals surface area contributed by atoms with Gasteiger partial charge in [-0.25, -0.2) is 8.42 Å². The van der Waals surface area contributed by atoms with Crippen LogP contribution in [0.15, 0.2) is 23.1 Å². The second-order valence-electron chi connectivity index (χ2n) is 4.39. The molecule has 0 aliphatic heterocycles. The first-order valence-corrected chi connectivity index (χ1v) is 7.01. The molecule has 0 atom stereocenters. The highest BCUT2D eigenvalue weighted by atomic mass is 32.2. The molecule has 0 aliphatic rings. The van der Waals surface area contributed by atoms with Crippen LogP contribution in [-0.4, -0.2) is 20.3 Å². The predicted octanol–water partition coefficient (Wildman–Crippen LogP) is 2.03. The van der Waals surface area contributed by atoms with Crippen LogP contribution in [0.25, 0.3) is 0 Å². The highest BCUT2D eigenvalue weighted by molar-refractivity contribution is 7.91. The molecule has 4 heteroatoms. The van der Waals surface area contributed by atoms with Crippen LogP contribution in [0.4, 0.5) is 0 Å². The number of rotatable bonds is 4. The van der Waals surface area contributed by atoms with E-state index >= 15 is 0 Å². The minimum Gasteiger partial charge on any atom is -0.301 e. The monoisotopic (exact) mass is 241 g/mol. The maximum Gasteiger partial charge on any atom is 0.191 e. The molecule has 0 unspecified atom stereocenters. The largest absolute Gasteiger partial charge is 0.301 e. The van der Waals surface area contributed by atoms with Gasteiger partial charge in [-0.05, 0) is 44.9 Å². The Hall–Kier alpha value is -0.870. The SMILES string of the molecule is Cc1ccc(C)c(S(=O)(=O)CNC(C)C)c1. The van der Waals surface area contributed by atoms with E-state index in [1.165, 1.54) is 0 Å². The van der Waals surface area contributed by atoms with Gasteiger partial charge in [-0.2, -0.15) is 0 Å². The van der Waals surface area contributed by atoms with Crippen molar-refractivity contribution in [1.29, 1.82) is 0 Å². The van der Waals surface area contributed by atoms with Gasteiger partial charge in [0.1, 0.15) is 5.88 Å². The van der Waals surface area contributed by atoms with E-state index in [1.807, 2.05) is 39.8 Å². The third-order valence-corrected chi connectivity index (χ3v) is 4.02. The molecular weight excluding hydrogens is 222 g/mol. The molecule has 0 radical (unpaired) electrons. The highest BCUT2D eigenvalue weighted by Gasteiger charge is 2.17. The van der Waals surface area contributed by atoms with Gasteiger partial charge >= 0.3 is 0 Å². The third kappa shape index (κ3) is 3.32. The first-order chi connectivity index (χ1) is 7.33. The molecule has 0 amide bonds. The summed E-state index contributed by atoms with van der Waals surface area (Å²) >= 11 is 0. The molecule has 0 saturated carbocycles. The van der Waals surface area contributed by atoms with Crippen LogP contribution in [-0.2, 0) is 9.84 Å². The lowest BCUT2D eigenvalue weighted by Gasteiger charge is -2.11. The van der Waals surface area contributed by atoms with Crippen LogP contribution in [0, 0.1) is 13.8 Å². The van der Waals surface area contributed by atoms with Crippen molar-refractivity contribution in [2.24, 2.45) is 0 Å². The molecule has 90 valence electrons. The average molecular weight is 241 g/mol. The topological polar surface area (TPSA) is 46.2 Å². The zero-order chi connectivity index (χ0) is 12.3. The molecule has 1 rings (SSSR count). The van der Waals surface area contributed by atoms with Crippen molar-refractivity contribution in [2.45, 2.75) is 38.6 Å². The van der Waals surface area contributed by atoms with Crippen molar-refractivity contribution in [3.8, 4) is 0 Å². The molecule has 1 aromatic carbocycles. The molecule has 0 heterocycles. The van der Waals surface area contributed by atoms with Crippen molar-refractivity contribution in [3.63, 3.8) is 0 Å². The van der Waals surface area contributed by atoms with Crippen LogP contribution >= 0.6 is 0 Å². The van der Waals surface area contributed by atoms with Gasteiger partial charge in [0, 0.05) is 6.04 Å². The number of hydrogen-bond acceptors (Lipinski definition) is 3. The van der Waals surface area contributed by atoms with E-state index in [1.54, 1.807) is 6.07 Å². The summed E-state index contributed by atoms with van der Waals surface area (Å²) in [5.41, 5.74) is 1.77. The number of sulfone groups is 1. The van der Waals surface area contributed by atoms with E-state index in [2.05, 4.69) is 5.32 Å². The zero-order valence-electron chi connectivity index (χ0n) is 10.2. The molecule has 1 N–H and O–H groups in total. The second kappa shape index (κ2) is 4.97. The summed E-state index contributed by atoms with van der Waals surface area (Å²) in [7, 11) is -3.22. The van der Waals surface area contributed by atoms with Crippen molar-refractivity contribution < 1.29 is 8.42 Å². The maximum atomic E-state index is 12.0. The molecule has 0 bridgehead atoms. The lowest BCUT2D eigenvalue weighted by molar-refractivity contribution is 0.572. The summed E-state index contributed by atoms with van der Waals surface area (Å²) in [5, 5.41) is 2.94. The van der Waals surface area contributed by atoms with Crippen molar-refractivity contribution >= 4 is 9.84 Å². The Bertz CT molecular complexity index is 464. The first-order valence-electron chi connectivity index (χ1n) is 5.36. The lowest BCUT2D eigenvalue weighted by Crippen LogP contribution is -2.29. The summed E-state index contributed by atoms with van der Waals surface area (Å²) in [5.74, 6) is -0.00500. The van der Waals surface area contributed by atoms with Crippen LogP contribution in [0.2, 0.25) is 0 Å². The lowest BCUT2D eigenvalue weighted by atomic mass is 10.2. The van der Waals surface area contributed by atoms with Gasteiger partial charge in [0.15, 0.2) is 9.84 Å². The minimum atomic E-state index is -3.22. The smallest absolute Gasteiger partial charge is 0.191 e. The fourth-order valence-electron chi connectivity index (χ4n) is 1.40. The number of aryl methyl sites for hydroxylation is 2. The van der Waals surface area contributed by atoms with Gasteiger partial charge in [0.25, 0.3) is 0 Å². The van der Waals surface area contributed by atoms with E-state index < -0.39 is 9.84 Å². The molecule has 16 heavy (non-hydrogen) atoms. The highest BCUT2D eigenvalue weighted by Crippen LogP contribution is 2.17. The molecule has 0 saturated heterocycles. The molecular formula is C12H19NO2S. The summed E-state index contributed by atoms with van der Waals surface area (Å²) in [6.45, 7) is 7.58. The van der Waals surface area contributed by atoms with E-state index in [-0.39, 0.29) is 11.9 Å². The molecule has 0 aliphatic carbocycles. The van der Waals surface area contributed by atoms with Crippen LogP contribution in [0.1, 0.15) is 25.0 Å².